The second-order valence-electron chi connectivity index (χ2n) is 9.54. The lowest BCUT2D eigenvalue weighted by atomic mass is 9.61. The van der Waals surface area contributed by atoms with E-state index in [-0.39, 0.29) is 16.4 Å². The van der Waals surface area contributed by atoms with Gasteiger partial charge in [-0.2, -0.15) is 0 Å². The lowest BCUT2D eigenvalue weighted by molar-refractivity contribution is 0.306. The van der Waals surface area contributed by atoms with Crippen LogP contribution in [-0.4, -0.2) is 21.4 Å². The van der Waals surface area contributed by atoms with Gasteiger partial charge in [-0.3, -0.25) is 0 Å². The van der Waals surface area contributed by atoms with Crippen LogP contribution in [0.2, 0.25) is 0 Å². The van der Waals surface area contributed by atoms with E-state index in [4.69, 9.17) is 13.7 Å². The fourth-order valence-electron chi connectivity index (χ4n) is 5.13. The molecule has 6 aromatic carbocycles. The molecule has 1 fully saturated rings. The van der Waals surface area contributed by atoms with E-state index in [0.29, 0.717) is 21.5 Å². The van der Waals surface area contributed by atoms with Crippen molar-refractivity contribution in [3.05, 3.63) is 127 Å². The maximum absolute atomic E-state index is 15.7. The number of halogens is 3. The minimum absolute atomic E-state index is 0.106. The predicted molar refractivity (Wildman–Crippen MR) is 151 cm³/mol. The van der Waals surface area contributed by atoms with Crippen molar-refractivity contribution in [3.63, 3.8) is 0 Å². The molecule has 7 rings (SSSR count). The first-order valence-electron chi connectivity index (χ1n) is 12.5. The predicted octanol–water partition coefficient (Wildman–Crippen LogP) is 5.11. The standard InChI is InChI=1S/C30H18B3F3O3/c34-28-17-22-10-3-1-8-20(22)15-26(28)32-37-31(25-14-13-19-7-5-6-12-24(19)30(25)36)38-33(39-32)27-16-21-9-2-4-11-23(21)18-29(27)35/h1-18H. The summed E-state index contributed by atoms with van der Waals surface area (Å²) < 4.78 is 64.7. The summed E-state index contributed by atoms with van der Waals surface area (Å²) in [7, 11) is -3.89. The van der Waals surface area contributed by atoms with Crippen molar-refractivity contribution >= 4 is 70.1 Å². The molecule has 0 aliphatic carbocycles. The van der Waals surface area contributed by atoms with Gasteiger partial charge in [0.1, 0.15) is 17.5 Å². The van der Waals surface area contributed by atoms with Gasteiger partial charge >= 0.3 is 21.4 Å². The number of hydrogen-bond donors (Lipinski definition) is 0. The Morgan fingerprint density at radius 2 is 0.821 bits per heavy atom. The Balaban J connectivity index is 1.36. The van der Waals surface area contributed by atoms with Crippen LogP contribution in [0.5, 0.6) is 0 Å². The van der Waals surface area contributed by atoms with E-state index in [1.165, 1.54) is 12.1 Å². The SMILES string of the molecule is Fc1cc2ccccc2cc1B1OB(c2cc3ccccc3cc2F)OB(c2ccc3ccccc3c2F)O1. The molecule has 3 nitrogen and oxygen atoms in total. The first-order valence-corrected chi connectivity index (χ1v) is 12.5. The van der Waals surface area contributed by atoms with Gasteiger partial charge in [-0.15, -0.1) is 0 Å². The monoisotopic (exact) mass is 516 g/mol. The van der Waals surface area contributed by atoms with Crippen molar-refractivity contribution in [2.24, 2.45) is 0 Å². The van der Waals surface area contributed by atoms with Gasteiger partial charge in [0, 0.05) is 21.8 Å². The lowest BCUT2D eigenvalue weighted by Gasteiger charge is -2.32. The summed E-state index contributed by atoms with van der Waals surface area (Å²) >= 11 is 0. The Morgan fingerprint density at radius 1 is 0.410 bits per heavy atom. The van der Waals surface area contributed by atoms with Crippen LogP contribution in [0.4, 0.5) is 13.2 Å². The van der Waals surface area contributed by atoms with E-state index >= 15 is 13.2 Å². The van der Waals surface area contributed by atoms with Crippen LogP contribution in [-0.2, 0) is 13.7 Å². The van der Waals surface area contributed by atoms with Crippen LogP contribution < -0.4 is 16.4 Å². The molecule has 0 amide bonds. The molecule has 39 heavy (non-hydrogen) atoms. The zero-order chi connectivity index (χ0) is 26.5. The third-order valence-corrected chi connectivity index (χ3v) is 7.13. The molecule has 1 heterocycles. The molecule has 0 spiro atoms. The molecule has 6 aromatic rings. The van der Waals surface area contributed by atoms with Crippen molar-refractivity contribution in [2.45, 2.75) is 0 Å². The third-order valence-electron chi connectivity index (χ3n) is 7.13. The van der Waals surface area contributed by atoms with Gasteiger partial charge in [0.05, 0.1) is 0 Å². The van der Waals surface area contributed by atoms with Crippen molar-refractivity contribution < 1.29 is 26.9 Å². The number of benzene rings is 6. The average Bonchev–Trinajstić information content (AvgIpc) is 2.96. The van der Waals surface area contributed by atoms with Crippen LogP contribution >= 0.6 is 0 Å². The van der Waals surface area contributed by atoms with Crippen molar-refractivity contribution in [3.8, 4) is 0 Å². The van der Waals surface area contributed by atoms with Crippen LogP contribution in [0.3, 0.4) is 0 Å². The fourth-order valence-corrected chi connectivity index (χ4v) is 5.13. The highest BCUT2D eigenvalue weighted by Gasteiger charge is 2.46. The Labute approximate surface area is 223 Å². The highest BCUT2D eigenvalue weighted by atomic mass is 19.1. The van der Waals surface area contributed by atoms with E-state index in [2.05, 4.69) is 0 Å². The fraction of sp³-hybridized carbons (Fsp3) is 0. The molecule has 1 saturated heterocycles. The molecule has 0 bridgehead atoms. The molecule has 1 aliphatic heterocycles. The minimum atomic E-state index is -1.30. The second kappa shape index (κ2) is 9.61. The maximum Gasteiger partial charge on any atom is 0.470 e. The summed E-state index contributed by atoms with van der Waals surface area (Å²) in [6.07, 6.45) is 0. The summed E-state index contributed by atoms with van der Waals surface area (Å²) in [4.78, 5) is 0. The van der Waals surface area contributed by atoms with E-state index < -0.39 is 38.8 Å². The molecule has 0 atom stereocenters. The van der Waals surface area contributed by atoms with E-state index in [1.807, 2.05) is 42.5 Å². The number of fused-ring (bicyclic) bond motifs is 3. The topological polar surface area (TPSA) is 27.7 Å². The molecule has 186 valence electrons. The van der Waals surface area contributed by atoms with Gasteiger partial charge in [-0.25, -0.2) is 13.2 Å². The molecule has 0 radical (unpaired) electrons. The first kappa shape index (κ1) is 24.0. The van der Waals surface area contributed by atoms with E-state index in [1.54, 1.807) is 54.6 Å². The maximum atomic E-state index is 15.7. The van der Waals surface area contributed by atoms with Crippen molar-refractivity contribution in [1.82, 2.24) is 0 Å². The largest absolute Gasteiger partial charge is 0.470 e. The summed E-state index contributed by atoms with van der Waals surface area (Å²) in [6, 6.07) is 31.0. The Hall–Kier alpha value is -4.04. The summed E-state index contributed by atoms with van der Waals surface area (Å²) in [5, 5.41) is 4.06. The molecule has 0 unspecified atom stereocenters. The molecule has 0 N–H and O–H groups in total. The number of rotatable bonds is 3. The smallest absolute Gasteiger partial charge is 0.444 e. The van der Waals surface area contributed by atoms with Crippen molar-refractivity contribution in [2.75, 3.05) is 0 Å². The Morgan fingerprint density at radius 3 is 1.33 bits per heavy atom. The van der Waals surface area contributed by atoms with Crippen molar-refractivity contribution in [1.29, 1.82) is 0 Å². The lowest BCUT2D eigenvalue weighted by Crippen LogP contribution is -2.62. The summed E-state index contributed by atoms with van der Waals surface area (Å²) in [5.74, 6) is -1.65. The summed E-state index contributed by atoms with van der Waals surface area (Å²) in [6.45, 7) is 0. The van der Waals surface area contributed by atoms with Gasteiger partial charge in [0.15, 0.2) is 0 Å². The number of hydrogen-bond acceptors (Lipinski definition) is 3. The normalized spacial score (nSPS) is 14.1. The third kappa shape index (κ3) is 4.29. The zero-order valence-corrected chi connectivity index (χ0v) is 20.5. The van der Waals surface area contributed by atoms with Gasteiger partial charge in [-0.1, -0.05) is 97.1 Å². The summed E-state index contributed by atoms with van der Waals surface area (Å²) in [5.41, 5.74) is 0.318. The van der Waals surface area contributed by atoms with Gasteiger partial charge < -0.3 is 13.7 Å². The van der Waals surface area contributed by atoms with Crippen LogP contribution in [0, 0.1) is 17.5 Å². The first-order chi connectivity index (χ1) is 19.0. The molecule has 1 aliphatic rings. The molecule has 9 heteroatoms. The average molecular weight is 516 g/mol. The molecule has 0 saturated carbocycles. The Bertz CT molecular complexity index is 1770. The zero-order valence-electron chi connectivity index (χ0n) is 20.5. The quantitative estimate of drug-likeness (QED) is 0.307. The van der Waals surface area contributed by atoms with Gasteiger partial charge in [-0.05, 0) is 39.1 Å². The molecular formula is C30H18B3F3O3. The molecule has 0 aromatic heterocycles. The molecular weight excluding hydrogens is 498 g/mol. The van der Waals surface area contributed by atoms with E-state index in [9.17, 15) is 0 Å². The highest BCUT2D eigenvalue weighted by molar-refractivity contribution is 6.87. The van der Waals surface area contributed by atoms with Gasteiger partial charge in [0.2, 0.25) is 0 Å². The minimum Gasteiger partial charge on any atom is -0.444 e. The van der Waals surface area contributed by atoms with Gasteiger partial charge in [0.25, 0.3) is 0 Å². The second-order valence-corrected chi connectivity index (χ2v) is 9.54. The van der Waals surface area contributed by atoms with E-state index in [0.717, 1.165) is 10.8 Å². The van der Waals surface area contributed by atoms with Crippen LogP contribution in [0.25, 0.3) is 32.3 Å². The van der Waals surface area contributed by atoms with Crippen LogP contribution in [0.15, 0.2) is 109 Å². The Kier molecular flexibility index (Phi) is 5.92. The van der Waals surface area contributed by atoms with Crippen LogP contribution in [0.1, 0.15) is 0 Å². The highest BCUT2D eigenvalue weighted by Crippen LogP contribution is 2.22.